The summed E-state index contributed by atoms with van der Waals surface area (Å²) < 4.78 is 2.12. The maximum atomic E-state index is 12.6. The van der Waals surface area contributed by atoms with E-state index in [-0.39, 0.29) is 5.91 Å². The summed E-state index contributed by atoms with van der Waals surface area (Å²) in [5.41, 5.74) is 1.23. The lowest BCUT2D eigenvalue weighted by Gasteiger charge is -2.34. The largest absolute Gasteiger partial charge is 0.340 e. The second-order valence-electron chi connectivity index (χ2n) is 6.30. The van der Waals surface area contributed by atoms with Gasteiger partial charge in [-0.05, 0) is 25.5 Å². The van der Waals surface area contributed by atoms with Gasteiger partial charge < -0.3 is 9.47 Å². The molecule has 1 aliphatic rings. The Balaban J connectivity index is 1.53. The molecule has 5 nitrogen and oxygen atoms in total. The quantitative estimate of drug-likeness (QED) is 0.850. The molecule has 3 rings (SSSR count). The van der Waals surface area contributed by atoms with Crippen LogP contribution in [0.4, 0.5) is 0 Å². The Morgan fingerprint density at radius 3 is 2.91 bits per heavy atom. The van der Waals surface area contributed by atoms with Crippen molar-refractivity contribution in [2.45, 2.75) is 25.4 Å². The highest BCUT2D eigenvalue weighted by Gasteiger charge is 2.24. The fraction of sp³-hybridized carbons (Fsp3) is 0.444. The third-order valence-corrected chi connectivity index (χ3v) is 4.40. The molecule has 0 saturated carbocycles. The van der Waals surface area contributed by atoms with E-state index in [2.05, 4.69) is 26.6 Å². The maximum absolute atomic E-state index is 12.6. The number of aromatic nitrogens is 2. The van der Waals surface area contributed by atoms with Crippen LogP contribution in [0.2, 0.25) is 0 Å². The standard InChI is InChI=1S/C18H24N4O/c1-20(12-16-6-3-2-4-7-16)14-18(23)21-10-5-8-17(13-21)22-11-9-19-15-22/h2-4,6-7,9,11,15,17H,5,8,10,12-14H2,1H3. The second-order valence-corrected chi connectivity index (χ2v) is 6.30. The number of benzene rings is 1. The number of hydrogen-bond donors (Lipinski definition) is 0. The monoisotopic (exact) mass is 312 g/mol. The SMILES string of the molecule is CN(CC(=O)N1CCCC(n2ccnc2)C1)Cc1ccccc1. The van der Waals surface area contributed by atoms with Crippen molar-refractivity contribution < 1.29 is 4.79 Å². The van der Waals surface area contributed by atoms with Crippen LogP contribution < -0.4 is 0 Å². The molecular weight excluding hydrogens is 288 g/mol. The summed E-state index contributed by atoms with van der Waals surface area (Å²) in [6.07, 6.45) is 7.80. The van der Waals surface area contributed by atoms with Gasteiger partial charge >= 0.3 is 0 Å². The van der Waals surface area contributed by atoms with Crippen molar-refractivity contribution in [1.29, 1.82) is 0 Å². The number of amides is 1. The smallest absolute Gasteiger partial charge is 0.236 e. The molecule has 1 unspecified atom stereocenters. The van der Waals surface area contributed by atoms with E-state index in [9.17, 15) is 4.79 Å². The molecule has 122 valence electrons. The van der Waals surface area contributed by atoms with Gasteiger partial charge in [0.05, 0.1) is 18.9 Å². The van der Waals surface area contributed by atoms with Crippen LogP contribution in [-0.2, 0) is 11.3 Å². The summed E-state index contributed by atoms with van der Waals surface area (Å²) in [4.78, 5) is 20.8. The molecule has 1 saturated heterocycles. The van der Waals surface area contributed by atoms with Crippen molar-refractivity contribution in [3.8, 4) is 0 Å². The molecule has 1 aromatic heterocycles. The molecule has 0 aliphatic carbocycles. The minimum atomic E-state index is 0.216. The predicted octanol–water partition coefficient (Wildman–Crippen LogP) is 2.18. The lowest BCUT2D eigenvalue weighted by atomic mass is 10.1. The van der Waals surface area contributed by atoms with Gasteiger partial charge in [0, 0.05) is 32.0 Å². The van der Waals surface area contributed by atoms with Gasteiger partial charge in [0.2, 0.25) is 5.91 Å². The van der Waals surface area contributed by atoms with Crippen molar-refractivity contribution in [3.63, 3.8) is 0 Å². The summed E-state index contributed by atoms with van der Waals surface area (Å²) in [7, 11) is 2.00. The minimum Gasteiger partial charge on any atom is -0.340 e. The Bertz CT molecular complexity index is 611. The summed E-state index contributed by atoms with van der Waals surface area (Å²) >= 11 is 0. The van der Waals surface area contributed by atoms with E-state index < -0.39 is 0 Å². The molecule has 1 atom stereocenters. The number of piperidine rings is 1. The summed E-state index contributed by atoms with van der Waals surface area (Å²) in [6, 6.07) is 10.6. The van der Waals surface area contributed by atoms with Crippen molar-refractivity contribution in [2.24, 2.45) is 0 Å². The van der Waals surface area contributed by atoms with Gasteiger partial charge in [-0.3, -0.25) is 9.69 Å². The Labute approximate surface area is 137 Å². The second kappa shape index (κ2) is 7.42. The number of imidazole rings is 1. The number of likely N-dealkylation sites (N-methyl/N-ethyl adjacent to an activating group) is 1. The third kappa shape index (κ3) is 4.20. The molecular formula is C18H24N4O. The van der Waals surface area contributed by atoms with Crippen molar-refractivity contribution >= 4 is 5.91 Å². The number of rotatable bonds is 5. The van der Waals surface area contributed by atoms with Gasteiger partial charge in [-0.1, -0.05) is 30.3 Å². The number of carbonyl (C=O) groups is 1. The van der Waals surface area contributed by atoms with Gasteiger partial charge in [-0.2, -0.15) is 0 Å². The molecule has 5 heteroatoms. The van der Waals surface area contributed by atoms with E-state index in [4.69, 9.17) is 0 Å². The maximum Gasteiger partial charge on any atom is 0.236 e. The predicted molar refractivity (Wildman–Crippen MR) is 89.9 cm³/mol. The van der Waals surface area contributed by atoms with Crippen LogP contribution in [0.15, 0.2) is 49.1 Å². The van der Waals surface area contributed by atoms with E-state index >= 15 is 0 Å². The first kappa shape index (κ1) is 15.7. The van der Waals surface area contributed by atoms with E-state index in [1.54, 1.807) is 6.20 Å². The zero-order chi connectivity index (χ0) is 16.1. The Morgan fingerprint density at radius 1 is 1.35 bits per heavy atom. The minimum absolute atomic E-state index is 0.216. The molecule has 0 radical (unpaired) electrons. The molecule has 0 spiro atoms. The van der Waals surface area contributed by atoms with Gasteiger partial charge in [0.15, 0.2) is 0 Å². The van der Waals surface area contributed by atoms with Crippen LogP contribution in [0, 0.1) is 0 Å². The molecule has 0 N–H and O–H groups in total. The summed E-state index contributed by atoms with van der Waals surface area (Å²) in [6.45, 7) is 2.91. The third-order valence-electron chi connectivity index (χ3n) is 4.40. The molecule has 2 heterocycles. The molecule has 1 fully saturated rings. The first-order chi connectivity index (χ1) is 11.2. The van der Waals surface area contributed by atoms with Crippen molar-refractivity contribution in [3.05, 3.63) is 54.6 Å². The highest BCUT2D eigenvalue weighted by atomic mass is 16.2. The highest BCUT2D eigenvalue weighted by molar-refractivity contribution is 5.78. The molecule has 1 aliphatic heterocycles. The van der Waals surface area contributed by atoms with Gasteiger partial charge in [-0.15, -0.1) is 0 Å². The highest BCUT2D eigenvalue weighted by Crippen LogP contribution is 2.21. The van der Waals surface area contributed by atoms with Crippen LogP contribution >= 0.6 is 0 Å². The number of hydrogen-bond acceptors (Lipinski definition) is 3. The van der Waals surface area contributed by atoms with Crippen LogP contribution in [0.3, 0.4) is 0 Å². The fourth-order valence-electron chi connectivity index (χ4n) is 3.19. The average molecular weight is 312 g/mol. The Morgan fingerprint density at radius 2 is 2.17 bits per heavy atom. The zero-order valence-electron chi connectivity index (χ0n) is 13.6. The molecule has 1 amide bonds. The number of nitrogens with zero attached hydrogens (tertiary/aromatic N) is 4. The summed E-state index contributed by atoms with van der Waals surface area (Å²) in [5, 5.41) is 0. The first-order valence-electron chi connectivity index (χ1n) is 8.20. The van der Waals surface area contributed by atoms with E-state index in [1.165, 1.54) is 5.56 Å². The number of carbonyl (C=O) groups excluding carboxylic acids is 1. The zero-order valence-corrected chi connectivity index (χ0v) is 13.6. The lowest BCUT2D eigenvalue weighted by Crippen LogP contribution is -2.44. The fourth-order valence-corrected chi connectivity index (χ4v) is 3.19. The Kier molecular flexibility index (Phi) is 5.08. The van der Waals surface area contributed by atoms with Crippen LogP contribution in [0.25, 0.3) is 0 Å². The molecule has 2 aromatic rings. The molecule has 1 aromatic carbocycles. The van der Waals surface area contributed by atoms with E-state index in [0.717, 1.165) is 32.5 Å². The van der Waals surface area contributed by atoms with Crippen LogP contribution in [0.1, 0.15) is 24.4 Å². The number of likely N-dealkylation sites (tertiary alicyclic amines) is 1. The van der Waals surface area contributed by atoms with Gasteiger partial charge in [0.1, 0.15) is 0 Å². The topological polar surface area (TPSA) is 41.4 Å². The average Bonchev–Trinajstić information content (AvgIpc) is 3.10. The van der Waals surface area contributed by atoms with Crippen LogP contribution in [-0.4, -0.2) is 51.9 Å². The van der Waals surface area contributed by atoms with E-state index in [0.29, 0.717) is 12.6 Å². The van der Waals surface area contributed by atoms with Crippen molar-refractivity contribution in [2.75, 3.05) is 26.7 Å². The normalized spacial score (nSPS) is 18.3. The van der Waals surface area contributed by atoms with Gasteiger partial charge in [-0.25, -0.2) is 4.98 Å². The van der Waals surface area contributed by atoms with Gasteiger partial charge in [0.25, 0.3) is 0 Å². The summed E-state index contributed by atoms with van der Waals surface area (Å²) in [5.74, 6) is 0.216. The van der Waals surface area contributed by atoms with Crippen LogP contribution in [0.5, 0.6) is 0 Å². The van der Waals surface area contributed by atoms with E-state index in [1.807, 2.05) is 42.7 Å². The molecule has 23 heavy (non-hydrogen) atoms. The first-order valence-corrected chi connectivity index (χ1v) is 8.20. The van der Waals surface area contributed by atoms with Crippen molar-refractivity contribution in [1.82, 2.24) is 19.4 Å². The molecule has 0 bridgehead atoms. The lowest BCUT2D eigenvalue weighted by molar-refractivity contribution is -0.133. The Hall–Kier alpha value is -2.14.